The van der Waals surface area contributed by atoms with Crippen LogP contribution in [0, 0.1) is 18.7 Å². The molecule has 0 spiro atoms. The number of amides is 1. The van der Waals surface area contributed by atoms with Crippen LogP contribution in [-0.4, -0.2) is 44.8 Å². The fraction of sp³-hybridized carbons (Fsp3) is 0.364. The maximum Gasteiger partial charge on any atom is 0.337 e. The van der Waals surface area contributed by atoms with Gasteiger partial charge < -0.3 is 10.1 Å². The highest BCUT2D eigenvalue weighted by atomic mass is 32.2. The van der Waals surface area contributed by atoms with Gasteiger partial charge in [-0.2, -0.15) is 0 Å². The van der Waals surface area contributed by atoms with Crippen LogP contribution >= 0.6 is 0 Å². The van der Waals surface area contributed by atoms with Crippen LogP contribution in [0.25, 0.3) is 0 Å². The van der Waals surface area contributed by atoms with E-state index in [-0.39, 0.29) is 18.2 Å². The number of hydrogen-bond acceptors (Lipinski definition) is 5. The molecule has 1 fully saturated rings. The minimum absolute atomic E-state index is 0.0745. The lowest BCUT2D eigenvalue weighted by atomic mass is 9.98. The molecule has 1 aliphatic rings. The Kier molecular flexibility index (Phi) is 7.07. The van der Waals surface area contributed by atoms with Gasteiger partial charge in [0.1, 0.15) is 5.82 Å². The number of methoxy groups -OCH3 is 1. The van der Waals surface area contributed by atoms with Crippen LogP contribution in [0.2, 0.25) is 0 Å². The van der Waals surface area contributed by atoms with Crippen LogP contribution in [0.3, 0.4) is 0 Å². The monoisotopic (exact) mass is 448 g/mol. The number of rotatable bonds is 6. The zero-order valence-electron chi connectivity index (χ0n) is 17.4. The molecular weight excluding hydrogens is 423 g/mol. The van der Waals surface area contributed by atoms with Gasteiger partial charge in [-0.3, -0.25) is 4.79 Å². The quantitative estimate of drug-likeness (QED) is 0.686. The van der Waals surface area contributed by atoms with Crippen LogP contribution in [-0.2, 0) is 25.3 Å². The summed E-state index contributed by atoms with van der Waals surface area (Å²) in [6.45, 7) is 2.21. The lowest BCUT2D eigenvalue weighted by Gasteiger charge is -2.31. The molecule has 166 valence electrons. The molecule has 1 heterocycles. The average Bonchev–Trinajstić information content (AvgIpc) is 2.76. The molecule has 1 saturated heterocycles. The van der Waals surface area contributed by atoms with Gasteiger partial charge in [-0.15, -0.1) is 0 Å². The highest BCUT2D eigenvalue weighted by molar-refractivity contribution is 7.88. The van der Waals surface area contributed by atoms with Crippen molar-refractivity contribution in [1.29, 1.82) is 0 Å². The number of benzene rings is 2. The van der Waals surface area contributed by atoms with Crippen molar-refractivity contribution in [3.05, 3.63) is 65.0 Å². The Balaban J connectivity index is 1.69. The molecular formula is C22H25FN2O5S. The Morgan fingerprint density at radius 1 is 1.19 bits per heavy atom. The van der Waals surface area contributed by atoms with Gasteiger partial charge >= 0.3 is 5.97 Å². The Labute approximate surface area is 181 Å². The summed E-state index contributed by atoms with van der Waals surface area (Å²) in [7, 11) is -2.37. The molecule has 1 amide bonds. The van der Waals surface area contributed by atoms with Gasteiger partial charge in [0.25, 0.3) is 0 Å². The summed E-state index contributed by atoms with van der Waals surface area (Å²) in [6.07, 6.45) is 1.12. The third-order valence-electron chi connectivity index (χ3n) is 5.33. The molecule has 7 nitrogen and oxygen atoms in total. The average molecular weight is 449 g/mol. The zero-order chi connectivity index (χ0) is 22.6. The Bertz CT molecular complexity index is 1070. The highest BCUT2D eigenvalue weighted by Gasteiger charge is 2.32. The SMILES string of the molecule is COC(=O)c1ccc(C)c(NC(=O)C2CCCN(S(=O)(=O)Cc3ccc(F)cc3)C2)c1. The minimum atomic E-state index is -3.65. The van der Waals surface area contributed by atoms with Crippen LogP contribution in [0.1, 0.15) is 34.3 Å². The first-order chi connectivity index (χ1) is 14.7. The van der Waals surface area contributed by atoms with E-state index in [1.807, 2.05) is 0 Å². The number of sulfonamides is 1. The summed E-state index contributed by atoms with van der Waals surface area (Å²) < 4.78 is 44.8. The summed E-state index contributed by atoms with van der Waals surface area (Å²) in [5.74, 6) is -2.00. The maximum absolute atomic E-state index is 13.1. The maximum atomic E-state index is 13.1. The number of anilines is 1. The molecule has 1 N–H and O–H groups in total. The molecule has 0 bridgehead atoms. The van der Waals surface area contributed by atoms with Gasteiger partial charge in [0, 0.05) is 18.8 Å². The normalized spacial score (nSPS) is 17.2. The first-order valence-electron chi connectivity index (χ1n) is 9.91. The van der Waals surface area contributed by atoms with Crippen molar-refractivity contribution in [3.8, 4) is 0 Å². The lowest BCUT2D eigenvalue weighted by Crippen LogP contribution is -2.44. The summed E-state index contributed by atoms with van der Waals surface area (Å²) in [4.78, 5) is 24.6. The Morgan fingerprint density at radius 3 is 2.58 bits per heavy atom. The second-order valence-corrected chi connectivity index (χ2v) is 9.56. The van der Waals surface area contributed by atoms with Gasteiger partial charge in [0.05, 0.1) is 24.3 Å². The number of aryl methyl sites for hydroxylation is 1. The lowest BCUT2D eigenvalue weighted by molar-refractivity contribution is -0.120. The number of carbonyl (C=O) groups is 2. The molecule has 1 atom stereocenters. The van der Waals surface area contributed by atoms with Crippen LogP contribution < -0.4 is 5.32 Å². The van der Waals surface area contributed by atoms with Crippen LogP contribution in [0.15, 0.2) is 42.5 Å². The molecule has 9 heteroatoms. The van der Waals surface area contributed by atoms with E-state index in [1.165, 1.54) is 35.7 Å². The molecule has 2 aromatic rings. The highest BCUT2D eigenvalue weighted by Crippen LogP contribution is 2.24. The van der Waals surface area contributed by atoms with E-state index in [2.05, 4.69) is 5.32 Å². The second kappa shape index (κ2) is 9.57. The topological polar surface area (TPSA) is 92.8 Å². The van der Waals surface area contributed by atoms with Crippen molar-refractivity contribution in [1.82, 2.24) is 4.31 Å². The molecule has 3 rings (SSSR count). The first-order valence-corrected chi connectivity index (χ1v) is 11.5. The van der Waals surface area contributed by atoms with Crippen molar-refractivity contribution >= 4 is 27.6 Å². The van der Waals surface area contributed by atoms with Gasteiger partial charge in [0.2, 0.25) is 15.9 Å². The van der Waals surface area contributed by atoms with Crippen molar-refractivity contribution in [2.75, 3.05) is 25.5 Å². The van der Waals surface area contributed by atoms with E-state index in [4.69, 9.17) is 4.74 Å². The molecule has 0 aromatic heterocycles. The fourth-order valence-corrected chi connectivity index (χ4v) is 5.14. The van der Waals surface area contributed by atoms with Gasteiger partial charge in [0.15, 0.2) is 0 Å². The zero-order valence-corrected chi connectivity index (χ0v) is 18.2. The number of carbonyl (C=O) groups excluding carboxylic acids is 2. The fourth-order valence-electron chi connectivity index (χ4n) is 3.53. The first kappa shape index (κ1) is 22.9. The van der Waals surface area contributed by atoms with E-state index in [0.717, 1.165) is 5.56 Å². The number of nitrogens with one attached hydrogen (secondary N) is 1. The molecule has 0 aliphatic carbocycles. The standard InChI is InChI=1S/C22H25FN2O5S/c1-15-5-8-17(22(27)30-2)12-20(15)24-21(26)18-4-3-11-25(13-18)31(28,29)14-16-6-9-19(23)10-7-16/h5-10,12,18H,3-4,11,13-14H2,1-2H3,(H,24,26). The number of ether oxygens (including phenoxy) is 1. The Hall–Kier alpha value is -2.78. The van der Waals surface area contributed by atoms with Gasteiger partial charge in [-0.1, -0.05) is 18.2 Å². The van der Waals surface area contributed by atoms with E-state index >= 15 is 0 Å². The number of halogens is 1. The van der Waals surface area contributed by atoms with Gasteiger partial charge in [-0.25, -0.2) is 21.9 Å². The van der Waals surface area contributed by atoms with E-state index in [1.54, 1.807) is 25.1 Å². The number of piperidine rings is 1. The molecule has 0 radical (unpaired) electrons. The molecule has 2 aromatic carbocycles. The predicted octanol–water partition coefficient (Wildman–Crippen LogP) is 3.10. The third kappa shape index (κ3) is 5.68. The van der Waals surface area contributed by atoms with Crippen LogP contribution in [0.4, 0.5) is 10.1 Å². The van der Waals surface area contributed by atoms with E-state index in [0.29, 0.717) is 36.2 Å². The third-order valence-corrected chi connectivity index (χ3v) is 7.14. The smallest absolute Gasteiger partial charge is 0.337 e. The summed E-state index contributed by atoms with van der Waals surface area (Å²) >= 11 is 0. The van der Waals surface area contributed by atoms with Crippen molar-refractivity contribution in [2.45, 2.75) is 25.5 Å². The molecule has 1 aliphatic heterocycles. The number of nitrogens with zero attached hydrogens (tertiary/aromatic N) is 1. The van der Waals surface area contributed by atoms with Crippen molar-refractivity contribution in [3.63, 3.8) is 0 Å². The van der Waals surface area contributed by atoms with E-state index in [9.17, 15) is 22.4 Å². The number of hydrogen-bond donors (Lipinski definition) is 1. The van der Waals surface area contributed by atoms with Crippen LogP contribution in [0.5, 0.6) is 0 Å². The molecule has 1 unspecified atom stereocenters. The Morgan fingerprint density at radius 2 is 1.90 bits per heavy atom. The van der Waals surface area contributed by atoms with E-state index < -0.39 is 27.7 Å². The summed E-state index contributed by atoms with van der Waals surface area (Å²) in [5.41, 5.74) is 2.07. The molecule has 0 saturated carbocycles. The predicted molar refractivity (Wildman–Crippen MR) is 114 cm³/mol. The largest absolute Gasteiger partial charge is 0.465 e. The van der Waals surface area contributed by atoms with Gasteiger partial charge in [-0.05, 0) is 55.2 Å². The van der Waals surface area contributed by atoms with Crippen molar-refractivity contribution < 1.29 is 27.1 Å². The minimum Gasteiger partial charge on any atom is -0.465 e. The summed E-state index contributed by atoms with van der Waals surface area (Å²) in [6, 6.07) is 10.2. The summed E-state index contributed by atoms with van der Waals surface area (Å²) in [5, 5.41) is 2.82. The number of esters is 1. The molecule has 31 heavy (non-hydrogen) atoms. The second-order valence-electron chi connectivity index (χ2n) is 7.59. The van der Waals surface area contributed by atoms with Crippen molar-refractivity contribution in [2.24, 2.45) is 5.92 Å².